The summed E-state index contributed by atoms with van der Waals surface area (Å²) in [6, 6.07) is 127. The van der Waals surface area contributed by atoms with Crippen LogP contribution in [0.5, 0.6) is 0 Å². The number of benzene rings is 17. The molecule has 8 nitrogen and oxygen atoms in total. The van der Waals surface area contributed by atoms with E-state index in [0.29, 0.717) is 34.9 Å². The minimum atomic E-state index is 0.616. The summed E-state index contributed by atoms with van der Waals surface area (Å²) >= 11 is 0. The summed E-state index contributed by atoms with van der Waals surface area (Å²) in [7, 11) is 0. The summed E-state index contributed by atoms with van der Waals surface area (Å²) in [5.41, 5.74) is 18.1. The molecule has 0 spiro atoms. The fourth-order valence-electron chi connectivity index (χ4n) is 15.1. The zero-order chi connectivity index (χ0) is 70.0. The lowest BCUT2D eigenvalue weighted by molar-refractivity contribution is 0.669. The van der Waals surface area contributed by atoms with Crippen molar-refractivity contribution in [3.8, 4) is 113 Å². The molecule has 0 saturated heterocycles. The largest absolute Gasteiger partial charge is 0.456 e. The first-order valence-electron chi connectivity index (χ1n) is 35.6. The first-order valence-corrected chi connectivity index (χ1v) is 35.6. The predicted molar refractivity (Wildman–Crippen MR) is 436 cm³/mol. The van der Waals surface area contributed by atoms with Gasteiger partial charge >= 0.3 is 0 Å². The molecule has 106 heavy (non-hydrogen) atoms. The summed E-state index contributed by atoms with van der Waals surface area (Å²) in [6.45, 7) is 0. The van der Waals surface area contributed by atoms with Crippen LogP contribution in [0.1, 0.15) is 0 Å². The fraction of sp³-hybridized carbons (Fsp3) is 0. The van der Waals surface area contributed by atoms with Gasteiger partial charge in [-0.3, -0.25) is 0 Å². The number of rotatable bonds is 10. The molecular weight excluding hydrogens is 1290 g/mol. The zero-order valence-corrected chi connectivity index (χ0v) is 57.1. The van der Waals surface area contributed by atoms with Crippen molar-refractivity contribution < 1.29 is 8.83 Å². The van der Waals surface area contributed by atoms with E-state index in [1.807, 2.05) is 30.3 Å². The molecule has 0 saturated carbocycles. The minimum Gasteiger partial charge on any atom is -0.456 e. The van der Waals surface area contributed by atoms with Gasteiger partial charge < -0.3 is 8.83 Å². The molecule has 0 bridgehead atoms. The lowest BCUT2D eigenvalue weighted by Gasteiger charge is -2.12. The third-order valence-electron chi connectivity index (χ3n) is 20.4. The molecule has 0 amide bonds. The maximum atomic E-state index is 6.37. The third kappa shape index (κ3) is 11.3. The standard InChI is InChI=1S/C49H29N3O.C49H31N3O/c1-2-10-34-26-38(23-16-30(34)8-1)48-50-47(51-49(52-48)39-24-25-41-37(27-39)22-19-31-9-5-6-13-40(31)41)33-20-17-32(18-21-33)42-14-7-15-44-46(42)43-28-35-11-3-4-12-36(35)29-45(43)53-44;1-3-12-32(13-4-1)33-22-26-36(27-23-33)47-50-48(52-49(51-47)42-19-10-9-18-40(42)34-14-5-2-6-15-34)37-28-24-35(25-29-37)41-20-11-21-44-46(41)43-30-38-16-7-8-17-39(38)31-45(43)53-44/h1-29H;1-31H. The highest BCUT2D eigenvalue weighted by molar-refractivity contribution is 6.17. The molecular formula is C98H60N6O2. The van der Waals surface area contributed by atoms with Gasteiger partial charge in [-0.1, -0.05) is 315 Å². The highest BCUT2D eigenvalue weighted by atomic mass is 16.3. The fourth-order valence-corrected chi connectivity index (χ4v) is 15.1. The van der Waals surface area contributed by atoms with Crippen molar-refractivity contribution in [1.29, 1.82) is 0 Å². The molecule has 0 aliphatic carbocycles. The van der Waals surface area contributed by atoms with Crippen LogP contribution in [-0.4, -0.2) is 29.9 Å². The van der Waals surface area contributed by atoms with Gasteiger partial charge in [-0.25, -0.2) is 29.9 Å². The lowest BCUT2D eigenvalue weighted by atomic mass is 9.97. The summed E-state index contributed by atoms with van der Waals surface area (Å²) in [5.74, 6) is 3.77. The van der Waals surface area contributed by atoms with Crippen LogP contribution in [-0.2, 0) is 0 Å². The first kappa shape index (κ1) is 61.5. The van der Waals surface area contributed by atoms with Gasteiger partial charge in [-0.2, -0.15) is 0 Å². The average Bonchev–Trinajstić information content (AvgIpc) is 1.57. The Morgan fingerprint density at radius 3 is 1.00 bits per heavy atom. The van der Waals surface area contributed by atoms with Gasteiger partial charge in [-0.15, -0.1) is 0 Å². The zero-order valence-electron chi connectivity index (χ0n) is 57.1. The van der Waals surface area contributed by atoms with Gasteiger partial charge in [0.1, 0.15) is 22.3 Å². The molecule has 8 heteroatoms. The highest BCUT2D eigenvalue weighted by Crippen LogP contribution is 2.43. The minimum absolute atomic E-state index is 0.616. The van der Waals surface area contributed by atoms with Crippen molar-refractivity contribution in [3.05, 3.63) is 364 Å². The van der Waals surface area contributed by atoms with E-state index in [1.165, 1.54) is 48.7 Å². The van der Waals surface area contributed by atoms with E-state index < -0.39 is 0 Å². The molecule has 0 aliphatic heterocycles. The Morgan fingerprint density at radius 1 is 0.151 bits per heavy atom. The summed E-state index contributed by atoms with van der Waals surface area (Å²) in [4.78, 5) is 30.6. The highest BCUT2D eigenvalue weighted by Gasteiger charge is 2.21. The van der Waals surface area contributed by atoms with Crippen molar-refractivity contribution in [3.63, 3.8) is 0 Å². The Hall–Kier alpha value is -14.3. The second-order valence-corrected chi connectivity index (χ2v) is 26.9. The Labute approximate surface area is 609 Å². The van der Waals surface area contributed by atoms with Crippen molar-refractivity contribution in [2.75, 3.05) is 0 Å². The molecule has 0 aliphatic rings. The number of furan rings is 2. The molecule has 0 N–H and O–H groups in total. The Kier molecular flexibility index (Phi) is 15.0. The normalized spacial score (nSPS) is 11.6. The smallest absolute Gasteiger partial charge is 0.164 e. The van der Waals surface area contributed by atoms with Gasteiger partial charge in [0.25, 0.3) is 0 Å². The van der Waals surface area contributed by atoms with Crippen LogP contribution in [0.15, 0.2) is 373 Å². The molecule has 17 aromatic carbocycles. The number of hydrogen-bond acceptors (Lipinski definition) is 8. The van der Waals surface area contributed by atoms with Gasteiger partial charge in [0.15, 0.2) is 34.9 Å². The van der Waals surface area contributed by atoms with Gasteiger partial charge in [0.2, 0.25) is 0 Å². The van der Waals surface area contributed by atoms with Gasteiger partial charge in [-0.05, 0) is 147 Å². The van der Waals surface area contributed by atoms with Crippen LogP contribution in [0.25, 0.3) is 211 Å². The maximum Gasteiger partial charge on any atom is 0.164 e. The summed E-state index contributed by atoms with van der Waals surface area (Å²) < 4.78 is 12.7. The summed E-state index contributed by atoms with van der Waals surface area (Å²) in [6.07, 6.45) is 0. The van der Waals surface area contributed by atoms with Crippen molar-refractivity contribution >= 4 is 97.7 Å². The molecule has 21 aromatic rings. The van der Waals surface area contributed by atoms with Crippen LogP contribution in [0.2, 0.25) is 0 Å². The molecule has 21 rings (SSSR count). The van der Waals surface area contributed by atoms with E-state index >= 15 is 0 Å². The average molecular weight is 1350 g/mol. The van der Waals surface area contributed by atoms with Gasteiger partial charge in [0.05, 0.1) is 0 Å². The molecule has 0 atom stereocenters. The molecule has 0 radical (unpaired) electrons. The molecule has 494 valence electrons. The number of nitrogens with zero attached hydrogens (tertiary/aromatic N) is 6. The van der Waals surface area contributed by atoms with Crippen LogP contribution >= 0.6 is 0 Å². The Bertz CT molecular complexity index is 6990. The second kappa shape index (κ2) is 25.9. The number of fused-ring (bicyclic) bond motifs is 12. The van der Waals surface area contributed by atoms with Crippen LogP contribution in [0.3, 0.4) is 0 Å². The molecule has 0 unspecified atom stereocenters. The topological polar surface area (TPSA) is 104 Å². The lowest BCUT2D eigenvalue weighted by Crippen LogP contribution is -2.01. The van der Waals surface area contributed by atoms with Crippen LogP contribution in [0, 0.1) is 0 Å². The Balaban J connectivity index is 0.000000140. The predicted octanol–water partition coefficient (Wildman–Crippen LogP) is 26.0. The number of hydrogen-bond donors (Lipinski definition) is 0. The second-order valence-electron chi connectivity index (χ2n) is 26.9. The Morgan fingerprint density at radius 2 is 0.472 bits per heavy atom. The summed E-state index contributed by atoms with van der Waals surface area (Å²) in [5, 5.41) is 16.3. The van der Waals surface area contributed by atoms with Crippen molar-refractivity contribution in [2.24, 2.45) is 0 Å². The SMILES string of the molecule is c1ccc(-c2ccc(-c3nc(-c4ccc(-c5cccc6oc7cc8ccccc8cc7c56)cc4)nc(-c4ccccc4-c4ccccc4)n3)cc2)cc1.c1ccc2cc(-c3nc(-c4ccc(-c5cccc6oc7cc8ccccc8cc7c56)cc4)nc(-c4ccc5c(ccc6ccccc65)c4)n3)ccc2c1. The van der Waals surface area contributed by atoms with E-state index in [4.69, 9.17) is 38.7 Å². The quantitative estimate of drug-likeness (QED) is 0.125. The van der Waals surface area contributed by atoms with E-state index in [2.05, 4.69) is 334 Å². The van der Waals surface area contributed by atoms with Crippen molar-refractivity contribution in [2.45, 2.75) is 0 Å². The monoisotopic (exact) mass is 1350 g/mol. The maximum absolute atomic E-state index is 6.37. The first-order chi connectivity index (χ1) is 52.5. The number of aromatic nitrogens is 6. The third-order valence-corrected chi connectivity index (χ3v) is 20.4. The molecule has 4 heterocycles. The van der Waals surface area contributed by atoms with Crippen LogP contribution in [0.4, 0.5) is 0 Å². The van der Waals surface area contributed by atoms with E-state index in [-0.39, 0.29) is 0 Å². The molecule has 4 aromatic heterocycles. The molecule has 0 fully saturated rings. The van der Waals surface area contributed by atoms with Crippen LogP contribution < -0.4 is 0 Å². The van der Waals surface area contributed by atoms with E-state index in [1.54, 1.807) is 0 Å². The van der Waals surface area contributed by atoms with Crippen molar-refractivity contribution in [1.82, 2.24) is 29.9 Å². The van der Waals surface area contributed by atoms with E-state index in [9.17, 15) is 0 Å². The van der Waals surface area contributed by atoms with Gasteiger partial charge in [0, 0.05) is 54.9 Å². The van der Waals surface area contributed by atoms with E-state index in [0.717, 1.165) is 127 Å².